The summed E-state index contributed by atoms with van der Waals surface area (Å²) in [4.78, 5) is 18.2. The summed E-state index contributed by atoms with van der Waals surface area (Å²) in [5, 5.41) is 7.82. The molecule has 0 spiro atoms. The lowest BCUT2D eigenvalue weighted by atomic mass is 9.83. The van der Waals surface area contributed by atoms with Crippen LogP contribution >= 0.6 is 23.2 Å². The number of nitrogens with one attached hydrogen (secondary N) is 1. The first-order valence-corrected chi connectivity index (χ1v) is 11.5. The number of carbonyl (C=O) groups is 1. The van der Waals surface area contributed by atoms with E-state index in [-0.39, 0.29) is 17.6 Å². The Bertz CT molecular complexity index is 1190. The number of ketones is 1. The van der Waals surface area contributed by atoms with Crippen LogP contribution in [0.1, 0.15) is 49.8 Å². The number of H-pyrrole nitrogens is 1. The zero-order chi connectivity index (χ0) is 22.8. The van der Waals surface area contributed by atoms with Gasteiger partial charge in [-0.05, 0) is 61.1 Å². The summed E-state index contributed by atoms with van der Waals surface area (Å²) in [6.07, 6.45) is 6.85. The Hall–Kier alpha value is -2.63. The molecule has 2 unspecified atom stereocenters. The SMILES string of the molecule is C/C=C(/C(=O)C1COc2ccc(Cl)cc2C1)c1cnc(-c2cn[nH]c2Cl)cc1C(C)CC. The van der Waals surface area contributed by atoms with Gasteiger partial charge in [0.2, 0.25) is 0 Å². The van der Waals surface area contributed by atoms with E-state index in [2.05, 4.69) is 29.0 Å². The summed E-state index contributed by atoms with van der Waals surface area (Å²) in [6, 6.07) is 7.56. The van der Waals surface area contributed by atoms with Crippen molar-refractivity contribution in [1.82, 2.24) is 15.2 Å². The fourth-order valence-corrected chi connectivity index (χ4v) is 4.49. The van der Waals surface area contributed by atoms with E-state index in [1.807, 2.05) is 31.2 Å². The van der Waals surface area contributed by atoms with Crippen LogP contribution < -0.4 is 4.74 Å². The summed E-state index contributed by atoms with van der Waals surface area (Å²) in [7, 11) is 0. The Morgan fingerprint density at radius 2 is 2.12 bits per heavy atom. The first kappa shape index (κ1) is 22.6. The number of aromatic amines is 1. The number of carbonyl (C=O) groups excluding carboxylic acids is 1. The average Bonchev–Trinajstić information content (AvgIpc) is 3.24. The van der Waals surface area contributed by atoms with Crippen molar-refractivity contribution in [3.63, 3.8) is 0 Å². The van der Waals surface area contributed by atoms with Gasteiger partial charge in [0.25, 0.3) is 0 Å². The highest BCUT2D eigenvalue weighted by Gasteiger charge is 2.30. The third-order valence-electron chi connectivity index (χ3n) is 6.09. The Morgan fingerprint density at radius 1 is 1.31 bits per heavy atom. The molecule has 1 aromatic carbocycles. The number of fused-ring (bicyclic) bond motifs is 1. The molecule has 0 saturated carbocycles. The van der Waals surface area contributed by atoms with E-state index in [1.165, 1.54) is 0 Å². The van der Waals surface area contributed by atoms with Crippen molar-refractivity contribution in [1.29, 1.82) is 0 Å². The fourth-order valence-electron chi connectivity index (χ4n) is 4.10. The molecular weight excluding hydrogens is 445 g/mol. The standard InChI is InChI=1S/C25H25Cl2N3O2/c1-4-14(3)19-10-22(21-12-29-30-25(21)27)28-11-20(19)18(5-2)24(31)16-8-15-9-17(26)6-7-23(15)32-13-16/h5-7,9-12,14,16H,4,8,13H2,1-3H3,(H,29,30)/b18-5+. The van der Waals surface area contributed by atoms with Crippen molar-refractivity contribution in [2.45, 2.75) is 39.5 Å². The summed E-state index contributed by atoms with van der Waals surface area (Å²) in [5.41, 5.74) is 5.02. The highest BCUT2D eigenvalue weighted by molar-refractivity contribution is 6.32. The van der Waals surface area contributed by atoms with Crippen molar-refractivity contribution in [3.05, 3.63) is 69.6 Å². The third kappa shape index (κ3) is 4.32. The van der Waals surface area contributed by atoms with Gasteiger partial charge in [0.05, 0.1) is 30.0 Å². The molecule has 1 N–H and O–H groups in total. The number of hydrogen-bond donors (Lipinski definition) is 1. The summed E-state index contributed by atoms with van der Waals surface area (Å²) in [5.74, 6) is 0.810. The van der Waals surface area contributed by atoms with Gasteiger partial charge < -0.3 is 4.74 Å². The van der Waals surface area contributed by atoms with Gasteiger partial charge in [-0.2, -0.15) is 5.10 Å². The maximum atomic E-state index is 13.6. The fraction of sp³-hybridized carbons (Fsp3) is 0.320. The van der Waals surface area contributed by atoms with Crippen LogP contribution in [0.3, 0.4) is 0 Å². The third-order valence-corrected chi connectivity index (χ3v) is 6.62. The van der Waals surface area contributed by atoms with E-state index in [1.54, 1.807) is 18.5 Å². The van der Waals surface area contributed by atoms with Crippen LogP contribution in [0.5, 0.6) is 5.75 Å². The van der Waals surface area contributed by atoms with Crippen LogP contribution in [0.25, 0.3) is 16.8 Å². The number of hydrogen-bond acceptors (Lipinski definition) is 4. The number of rotatable bonds is 6. The van der Waals surface area contributed by atoms with Crippen molar-refractivity contribution >= 4 is 34.6 Å². The van der Waals surface area contributed by atoms with E-state index in [0.29, 0.717) is 28.8 Å². The zero-order valence-corrected chi connectivity index (χ0v) is 19.8. The average molecular weight is 470 g/mol. The van der Waals surface area contributed by atoms with Crippen molar-refractivity contribution in [3.8, 4) is 17.0 Å². The Labute approximate surface area is 197 Å². The lowest BCUT2D eigenvalue weighted by Gasteiger charge is -2.26. The summed E-state index contributed by atoms with van der Waals surface area (Å²) < 4.78 is 5.88. The molecule has 166 valence electrons. The van der Waals surface area contributed by atoms with E-state index in [4.69, 9.17) is 27.9 Å². The number of benzene rings is 1. The number of aromatic nitrogens is 3. The topological polar surface area (TPSA) is 67.9 Å². The molecular formula is C25H25Cl2N3O2. The maximum Gasteiger partial charge on any atom is 0.170 e. The summed E-state index contributed by atoms with van der Waals surface area (Å²) in [6.45, 7) is 6.52. The van der Waals surface area contributed by atoms with Gasteiger partial charge in [-0.25, -0.2) is 0 Å². The molecule has 0 radical (unpaired) electrons. The van der Waals surface area contributed by atoms with Crippen LogP contribution in [0.2, 0.25) is 10.2 Å². The minimum Gasteiger partial charge on any atom is -0.493 e. The molecule has 0 saturated heterocycles. The number of pyridine rings is 1. The smallest absolute Gasteiger partial charge is 0.170 e. The molecule has 7 heteroatoms. The normalized spacial score (nSPS) is 16.9. The first-order chi connectivity index (χ1) is 15.4. The van der Waals surface area contributed by atoms with Gasteiger partial charge in [0.15, 0.2) is 5.78 Å². The van der Waals surface area contributed by atoms with E-state index in [0.717, 1.165) is 40.1 Å². The van der Waals surface area contributed by atoms with Crippen molar-refractivity contribution < 1.29 is 9.53 Å². The van der Waals surface area contributed by atoms with Crippen LogP contribution in [0.4, 0.5) is 0 Å². The van der Waals surface area contributed by atoms with Crippen LogP contribution in [0, 0.1) is 5.92 Å². The molecule has 0 amide bonds. The molecule has 0 aliphatic carbocycles. The highest BCUT2D eigenvalue weighted by Crippen LogP contribution is 2.36. The van der Waals surface area contributed by atoms with Crippen LogP contribution in [-0.2, 0) is 11.2 Å². The number of halogens is 2. The largest absolute Gasteiger partial charge is 0.493 e. The maximum absolute atomic E-state index is 13.6. The van der Waals surface area contributed by atoms with E-state index in [9.17, 15) is 4.79 Å². The van der Waals surface area contributed by atoms with Crippen LogP contribution in [-0.4, -0.2) is 27.6 Å². The molecule has 3 heterocycles. The van der Waals surface area contributed by atoms with Gasteiger partial charge in [0, 0.05) is 22.4 Å². The molecule has 5 nitrogen and oxygen atoms in total. The zero-order valence-electron chi connectivity index (χ0n) is 18.3. The number of nitrogens with zero attached hydrogens (tertiary/aromatic N) is 2. The highest BCUT2D eigenvalue weighted by atomic mass is 35.5. The Kier molecular flexibility index (Phi) is 6.68. The van der Waals surface area contributed by atoms with Gasteiger partial charge in [0.1, 0.15) is 10.9 Å². The minimum atomic E-state index is -0.278. The number of allylic oxidation sites excluding steroid dienone is 2. The first-order valence-electron chi connectivity index (χ1n) is 10.7. The quantitative estimate of drug-likeness (QED) is 0.417. The van der Waals surface area contributed by atoms with E-state index < -0.39 is 0 Å². The molecule has 32 heavy (non-hydrogen) atoms. The molecule has 1 aliphatic heterocycles. The van der Waals surface area contributed by atoms with Crippen molar-refractivity contribution in [2.75, 3.05) is 6.61 Å². The predicted molar refractivity (Wildman–Crippen MR) is 128 cm³/mol. The molecule has 3 aromatic rings. The second-order valence-electron chi connectivity index (χ2n) is 8.09. The molecule has 1 aliphatic rings. The van der Waals surface area contributed by atoms with Gasteiger partial charge in [-0.1, -0.05) is 43.1 Å². The summed E-state index contributed by atoms with van der Waals surface area (Å²) >= 11 is 12.4. The second-order valence-corrected chi connectivity index (χ2v) is 8.91. The number of Topliss-reactive ketones (excluding diaryl/α,β-unsaturated/α-hetero) is 1. The monoisotopic (exact) mass is 469 g/mol. The lowest BCUT2D eigenvalue weighted by molar-refractivity contribution is -0.118. The molecule has 0 fully saturated rings. The van der Waals surface area contributed by atoms with Gasteiger partial charge in [-0.3, -0.25) is 14.9 Å². The molecule has 2 atom stereocenters. The van der Waals surface area contributed by atoms with E-state index >= 15 is 0 Å². The Morgan fingerprint density at radius 3 is 2.81 bits per heavy atom. The second kappa shape index (κ2) is 9.47. The van der Waals surface area contributed by atoms with Gasteiger partial charge in [-0.15, -0.1) is 0 Å². The molecule has 4 rings (SSSR count). The molecule has 2 aromatic heterocycles. The molecule has 0 bridgehead atoms. The predicted octanol–water partition coefficient (Wildman–Crippen LogP) is 6.52. The minimum absolute atomic E-state index is 0.0542. The Balaban J connectivity index is 1.69. The van der Waals surface area contributed by atoms with Gasteiger partial charge >= 0.3 is 0 Å². The van der Waals surface area contributed by atoms with Crippen LogP contribution in [0.15, 0.2) is 42.7 Å². The van der Waals surface area contributed by atoms with Crippen molar-refractivity contribution in [2.24, 2.45) is 5.92 Å². The number of ether oxygens (including phenoxy) is 1. The lowest BCUT2D eigenvalue weighted by Crippen LogP contribution is -2.29.